The lowest BCUT2D eigenvalue weighted by molar-refractivity contribution is -0.112. The molecular formula is C17H17FOS2. The first kappa shape index (κ1) is 14.9. The van der Waals surface area contributed by atoms with Gasteiger partial charge in [-0.2, -0.15) is 0 Å². The molecule has 1 aromatic carbocycles. The summed E-state index contributed by atoms with van der Waals surface area (Å²) in [4.78, 5) is 12.7. The maximum atomic E-state index is 12.9. The third kappa shape index (κ3) is 3.61. The highest BCUT2D eigenvalue weighted by Gasteiger charge is 2.25. The summed E-state index contributed by atoms with van der Waals surface area (Å²) in [6, 6.07) is 6.32. The predicted octanol–water partition coefficient (Wildman–Crippen LogP) is 5.04. The minimum atomic E-state index is -0.245. The standard InChI is InChI=1S/C17H17FOS2/c18-14-7-5-12(6-8-14)11-13-3-1-4-15(16(13)19)17-20-9-2-10-21-17/h5-8,11H,1-4,9-10H2/b13-11-. The Bertz CT molecular complexity index is 594. The Labute approximate surface area is 133 Å². The highest BCUT2D eigenvalue weighted by molar-refractivity contribution is 8.22. The minimum absolute atomic E-state index is 0.197. The van der Waals surface area contributed by atoms with Gasteiger partial charge in [0.2, 0.25) is 0 Å². The van der Waals surface area contributed by atoms with Gasteiger partial charge in [0.05, 0.1) is 0 Å². The van der Waals surface area contributed by atoms with Gasteiger partial charge in [-0.3, -0.25) is 4.79 Å². The van der Waals surface area contributed by atoms with E-state index in [1.54, 1.807) is 12.1 Å². The summed E-state index contributed by atoms with van der Waals surface area (Å²) in [5.41, 5.74) is 2.77. The zero-order chi connectivity index (χ0) is 14.7. The Morgan fingerprint density at radius 2 is 1.71 bits per heavy atom. The van der Waals surface area contributed by atoms with E-state index in [-0.39, 0.29) is 11.6 Å². The molecule has 0 N–H and O–H groups in total. The van der Waals surface area contributed by atoms with Gasteiger partial charge in [0.15, 0.2) is 5.78 Å². The number of halogens is 1. The van der Waals surface area contributed by atoms with Crippen molar-refractivity contribution in [3.05, 3.63) is 51.0 Å². The van der Waals surface area contributed by atoms with Crippen LogP contribution in [-0.4, -0.2) is 17.3 Å². The van der Waals surface area contributed by atoms with E-state index in [0.717, 1.165) is 47.5 Å². The van der Waals surface area contributed by atoms with E-state index in [1.165, 1.54) is 22.8 Å². The Morgan fingerprint density at radius 3 is 2.43 bits per heavy atom. The third-order valence-electron chi connectivity index (χ3n) is 3.65. The fourth-order valence-electron chi connectivity index (χ4n) is 2.57. The van der Waals surface area contributed by atoms with Crippen LogP contribution in [0.25, 0.3) is 6.08 Å². The quantitative estimate of drug-likeness (QED) is 0.675. The molecule has 4 heteroatoms. The van der Waals surface area contributed by atoms with Crippen molar-refractivity contribution in [2.24, 2.45) is 0 Å². The van der Waals surface area contributed by atoms with Crippen LogP contribution in [0.4, 0.5) is 4.39 Å². The Kier molecular flexibility index (Phi) is 4.86. The molecule has 0 radical (unpaired) electrons. The van der Waals surface area contributed by atoms with Crippen molar-refractivity contribution in [2.75, 3.05) is 11.5 Å². The highest BCUT2D eigenvalue weighted by atomic mass is 32.2. The molecule has 0 spiro atoms. The van der Waals surface area contributed by atoms with Crippen molar-refractivity contribution >= 4 is 35.4 Å². The summed E-state index contributed by atoms with van der Waals surface area (Å²) in [7, 11) is 0. The SMILES string of the molecule is O=C1C(=C2SCCCS2)CCC/C1=C/c1ccc(F)cc1. The maximum Gasteiger partial charge on any atom is 0.186 e. The topological polar surface area (TPSA) is 17.1 Å². The van der Waals surface area contributed by atoms with Gasteiger partial charge in [-0.25, -0.2) is 4.39 Å². The molecule has 1 aliphatic carbocycles. The van der Waals surface area contributed by atoms with Crippen LogP contribution in [0.3, 0.4) is 0 Å². The summed E-state index contributed by atoms with van der Waals surface area (Å²) < 4.78 is 14.2. The van der Waals surface area contributed by atoms with E-state index in [9.17, 15) is 9.18 Å². The Morgan fingerprint density at radius 1 is 1.00 bits per heavy atom. The van der Waals surface area contributed by atoms with Gasteiger partial charge in [0.25, 0.3) is 0 Å². The smallest absolute Gasteiger partial charge is 0.186 e. The first-order chi connectivity index (χ1) is 10.2. The van der Waals surface area contributed by atoms with Gasteiger partial charge in [-0.15, -0.1) is 23.5 Å². The molecule has 0 amide bonds. The third-order valence-corrected chi connectivity index (χ3v) is 6.36. The van der Waals surface area contributed by atoms with Gasteiger partial charge in [0, 0.05) is 15.4 Å². The van der Waals surface area contributed by atoms with Gasteiger partial charge < -0.3 is 0 Å². The van der Waals surface area contributed by atoms with Crippen molar-refractivity contribution in [3.8, 4) is 0 Å². The van der Waals surface area contributed by atoms with Gasteiger partial charge in [-0.1, -0.05) is 12.1 Å². The van der Waals surface area contributed by atoms with E-state index in [4.69, 9.17) is 0 Å². The van der Waals surface area contributed by atoms with Crippen molar-refractivity contribution in [1.29, 1.82) is 0 Å². The average Bonchev–Trinajstić information content (AvgIpc) is 2.52. The van der Waals surface area contributed by atoms with E-state index in [0.29, 0.717) is 0 Å². The summed E-state index contributed by atoms with van der Waals surface area (Å²) in [5, 5.41) is 0. The summed E-state index contributed by atoms with van der Waals surface area (Å²) in [6.45, 7) is 0. The molecule has 0 bridgehead atoms. The second kappa shape index (κ2) is 6.84. The minimum Gasteiger partial charge on any atom is -0.289 e. The van der Waals surface area contributed by atoms with E-state index in [1.807, 2.05) is 29.6 Å². The van der Waals surface area contributed by atoms with Gasteiger partial charge in [0.1, 0.15) is 5.82 Å². The molecule has 1 aromatic rings. The summed E-state index contributed by atoms with van der Waals surface area (Å²) in [6.07, 6.45) is 5.88. The first-order valence-corrected chi connectivity index (χ1v) is 9.21. The predicted molar refractivity (Wildman–Crippen MR) is 89.8 cm³/mol. The van der Waals surface area contributed by atoms with Crippen LogP contribution in [0, 0.1) is 5.82 Å². The number of ketones is 1. The van der Waals surface area contributed by atoms with E-state index in [2.05, 4.69) is 0 Å². The zero-order valence-electron chi connectivity index (χ0n) is 11.7. The van der Waals surface area contributed by atoms with Crippen LogP contribution in [-0.2, 0) is 4.79 Å². The number of carbonyl (C=O) groups is 1. The number of Topliss-reactive ketones (excluding diaryl/α,β-unsaturated/α-hetero) is 1. The van der Waals surface area contributed by atoms with E-state index >= 15 is 0 Å². The summed E-state index contributed by atoms with van der Waals surface area (Å²) >= 11 is 3.66. The van der Waals surface area contributed by atoms with Crippen LogP contribution < -0.4 is 0 Å². The molecule has 0 aromatic heterocycles. The lowest BCUT2D eigenvalue weighted by atomic mass is 9.88. The molecule has 3 rings (SSSR count). The average molecular weight is 320 g/mol. The number of allylic oxidation sites excluding steroid dienone is 2. The molecule has 0 unspecified atom stereocenters. The molecule has 1 nitrogen and oxygen atoms in total. The molecule has 1 aliphatic heterocycles. The molecule has 21 heavy (non-hydrogen) atoms. The maximum absolute atomic E-state index is 12.9. The fraction of sp³-hybridized carbons (Fsp3) is 0.353. The largest absolute Gasteiger partial charge is 0.289 e. The fourth-order valence-corrected chi connectivity index (χ4v) is 5.28. The molecule has 2 fully saturated rings. The Balaban J connectivity index is 1.86. The number of rotatable bonds is 1. The molecule has 1 saturated heterocycles. The second-order valence-corrected chi connectivity index (χ2v) is 7.69. The molecule has 2 aliphatic rings. The number of hydrogen-bond donors (Lipinski definition) is 0. The normalized spacial score (nSPS) is 22.0. The summed E-state index contributed by atoms with van der Waals surface area (Å²) in [5.74, 6) is 2.19. The number of thioether (sulfide) groups is 2. The van der Waals surface area contributed by atoms with Crippen LogP contribution in [0.5, 0.6) is 0 Å². The number of hydrogen-bond acceptors (Lipinski definition) is 3. The Hall–Kier alpha value is -1.00. The van der Waals surface area contributed by atoms with Crippen LogP contribution in [0.1, 0.15) is 31.2 Å². The van der Waals surface area contributed by atoms with Crippen molar-refractivity contribution in [3.63, 3.8) is 0 Å². The molecule has 110 valence electrons. The zero-order valence-corrected chi connectivity index (χ0v) is 13.4. The van der Waals surface area contributed by atoms with Gasteiger partial charge in [-0.05, 0) is 61.0 Å². The van der Waals surface area contributed by atoms with Crippen molar-refractivity contribution in [1.82, 2.24) is 0 Å². The van der Waals surface area contributed by atoms with Crippen molar-refractivity contribution < 1.29 is 9.18 Å². The van der Waals surface area contributed by atoms with Crippen LogP contribution in [0.15, 0.2) is 39.6 Å². The number of benzene rings is 1. The van der Waals surface area contributed by atoms with Crippen LogP contribution >= 0.6 is 23.5 Å². The van der Waals surface area contributed by atoms with Crippen molar-refractivity contribution in [2.45, 2.75) is 25.7 Å². The van der Waals surface area contributed by atoms with Gasteiger partial charge >= 0.3 is 0 Å². The lowest BCUT2D eigenvalue weighted by Crippen LogP contribution is -2.14. The highest BCUT2D eigenvalue weighted by Crippen LogP contribution is 2.41. The lowest BCUT2D eigenvalue weighted by Gasteiger charge is -2.22. The molecule has 1 heterocycles. The van der Waals surface area contributed by atoms with Crippen LogP contribution in [0.2, 0.25) is 0 Å². The first-order valence-electron chi connectivity index (χ1n) is 7.23. The molecular weight excluding hydrogens is 303 g/mol. The second-order valence-electron chi connectivity index (χ2n) is 5.22. The molecule has 1 saturated carbocycles. The van der Waals surface area contributed by atoms with E-state index < -0.39 is 0 Å². The number of carbonyl (C=O) groups excluding carboxylic acids is 1. The monoisotopic (exact) mass is 320 g/mol. The molecule has 0 atom stereocenters.